The van der Waals surface area contributed by atoms with Gasteiger partial charge in [0.25, 0.3) is 0 Å². The molecule has 2 aromatic heterocycles. The molecular weight excluding hydrogens is 573 g/mol. The Balaban J connectivity index is 2.85. The van der Waals surface area contributed by atoms with Gasteiger partial charge in [0.2, 0.25) is 11.8 Å². The summed E-state index contributed by atoms with van der Waals surface area (Å²) in [6.45, 7) is 17.5. The van der Waals surface area contributed by atoms with Crippen LogP contribution in [0.4, 0.5) is 0 Å². The second-order valence-corrected chi connectivity index (χ2v) is 12.6. The fourth-order valence-electron chi connectivity index (χ4n) is 4.79. The van der Waals surface area contributed by atoms with E-state index in [-0.39, 0.29) is 28.7 Å². The average molecular weight is 617 g/mol. The molecule has 2 atom stereocenters. The molecule has 220 valence electrons. The van der Waals surface area contributed by atoms with E-state index in [0.717, 1.165) is 12.8 Å². The lowest BCUT2D eigenvalue weighted by molar-refractivity contribution is 0.00331. The number of thiocarbonyl (C=S) groups is 2. The maximum Gasteiger partial charge on any atom is 0.211 e. The van der Waals surface area contributed by atoms with Gasteiger partial charge in [-0.05, 0) is 75.6 Å². The van der Waals surface area contributed by atoms with E-state index < -0.39 is 23.2 Å². The monoisotopic (exact) mass is 616 g/mol. The van der Waals surface area contributed by atoms with Gasteiger partial charge in [-0.2, -0.15) is 0 Å². The predicted octanol–water partition coefficient (Wildman–Crippen LogP) is 5.42. The molecule has 0 amide bonds. The van der Waals surface area contributed by atoms with Crippen LogP contribution in [0, 0.1) is 20.4 Å². The maximum atomic E-state index is 11.1. The molecule has 14 heteroatoms. The van der Waals surface area contributed by atoms with E-state index in [0.29, 0.717) is 22.6 Å². The molecule has 0 aromatic carbocycles. The van der Waals surface area contributed by atoms with E-state index in [1.54, 1.807) is 40.5 Å². The quantitative estimate of drug-likeness (QED) is 0.182. The number of rotatable bonds is 12. The van der Waals surface area contributed by atoms with Gasteiger partial charge in [0, 0.05) is 23.9 Å². The van der Waals surface area contributed by atoms with Crippen LogP contribution in [0.25, 0.3) is 0 Å². The van der Waals surface area contributed by atoms with Gasteiger partial charge in [0.05, 0.1) is 19.1 Å². The molecule has 2 heterocycles. The lowest BCUT2D eigenvalue weighted by Crippen LogP contribution is -2.56. The molecule has 39 heavy (non-hydrogen) atoms. The average Bonchev–Trinajstić information content (AvgIpc) is 3.31. The third kappa shape index (κ3) is 6.44. The summed E-state index contributed by atoms with van der Waals surface area (Å²) in [5, 5.41) is 22.3. The van der Waals surface area contributed by atoms with Crippen molar-refractivity contribution in [3.8, 4) is 11.8 Å². The number of hydrogen-bond donors (Lipinski definition) is 4. The third-order valence-electron chi connectivity index (χ3n) is 7.79. The normalized spacial score (nSPS) is 13.7. The molecule has 2 rings (SSSR count). The van der Waals surface area contributed by atoms with E-state index in [2.05, 4.69) is 41.5 Å². The molecule has 0 aliphatic rings. The van der Waals surface area contributed by atoms with E-state index in [9.17, 15) is 10.2 Å². The van der Waals surface area contributed by atoms with Crippen LogP contribution in [0.3, 0.4) is 0 Å². The first-order valence-corrected chi connectivity index (χ1v) is 14.8. The Morgan fingerprint density at radius 3 is 1.28 bits per heavy atom. The molecule has 0 radical (unpaired) electrons. The molecule has 6 N–H and O–H groups in total. The number of aromatic nitrogens is 4. The molecule has 2 aromatic rings. The summed E-state index contributed by atoms with van der Waals surface area (Å²) in [5.74, 6) is 0.00338. The molecule has 2 unspecified atom stereocenters. The number of nitrogens with zero attached hydrogens (tertiary/aromatic N) is 6. The van der Waals surface area contributed by atoms with Crippen molar-refractivity contribution < 1.29 is 10.2 Å². The number of nitrogens with two attached hydrogens (primary N) is 2. The zero-order valence-corrected chi connectivity index (χ0v) is 27.5. The second-order valence-electron chi connectivity index (χ2n) is 11.0. The first-order chi connectivity index (χ1) is 18.0. The molecule has 0 aliphatic heterocycles. The molecule has 0 saturated carbocycles. The Hall–Kier alpha value is -2.16. The van der Waals surface area contributed by atoms with Crippen LogP contribution in [0.15, 0.2) is 12.4 Å². The highest BCUT2D eigenvalue weighted by Crippen LogP contribution is 2.43. The van der Waals surface area contributed by atoms with Crippen molar-refractivity contribution in [1.29, 1.82) is 0 Å². The van der Waals surface area contributed by atoms with E-state index in [1.807, 2.05) is 13.8 Å². The van der Waals surface area contributed by atoms with Crippen LogP contribution >= 0.6 is 48.9 Å². The molecule has 0 spiro atoms. The maximum absolute atomic E-state index is 11.1. The molecule has 0 fully saturated rings. The highest BCUT2D eigenvalue weighted by Gasteiger charge is 2.42. The number of aromatic hydroxyl groups is 2. The molecule has 0 saturated heterocycles. The first kappa shape index (κ1) is 33.0. The lowest BCUT2D eigenvalue weighted by atomic mass is 9.84. The van der Waals surface area contributed by atoms with Gasteiger partial charge in [-0.25, -0.2) is 0 Å². The van der Waals surface area contributed by atoms with Gasteiger partial charge in [-0.15, -0.1) is 0 Å². The van der Waals surface area contributed by atoms with Gasteiger partial charge in [-0.3, -0.25) is 9.13 Å². The molecule has 10 nitrogen and oxygen atoms in total. The minimum Gasteiger partial charge on any atom is -0.493 e. The zero-order valence-electron chi connectivity index (χ0n) is 24.2. The smallest absolute Gasteiger partial charge is 0.211 e. The minimum atomic E-state index is -0.579. The Bertz CT molecular complexity index is 1210. The highest BCUT2D eigenvalue weighted by atomic mass is 32.1. The molecule has 0 aliphatic carbocycles. The van der Waals surface area contributed by atoms with Crippen molar-refractivity contribution in [3.63, 3.8) is 0 Å². The Kier molecular flexibility index (Phi) is 10.6. The van der Waals surface area contributed by atoms with Gasteiger partial charge in [-0.1, -0.05) is 41.5 Å². The van der Waals surface area contributed by atoms with Crippen molar-refractivity contribution in [2.75, 3.05) is 6.67 Å². The van der Waals surface area contributed by atoms with Crippen molar-refractivity contribution in [1.82, 2.24) is 28.1 Å². The van der Waals surface area contributed by atoms with Crippen molar-refractivity contribution in [2.24, 2.45) is 22.3 Å². The summed E-state index contributed by atoms with van der Waals surface area (Å²) >= 11 is 22.8. The highest BCUT2D eigenvalue weighted by molar-refractivity contribution is 7.80. The van der Waals surface area contributed by atoms with Crippen LogP contribution < -0.4 is 11.5 Å². The van der Waals surface area contributed by atoms with Gasteiger partial charge < -0.3 is 40.6 Å². The van der Waals surface area contributed by atoms with E-state index >= 15 is 0 Å². The topological polar surface area (TPSA) is 119 Å². The SMILES string of the molecule is CCn1cc(O)n(C(N(CN(C(N)=S)C(n2c(O)cn(CC)c2=S)C(C)(C)CC)C(N)=S)C(C)(C)CC)c1=S. The van der Waals surface area contributed by atoms with Crippen LogP contribution in [0.1, 0.15) is 80.6 Å². The van der Waals surface area contributed by atoms with E-state index in [4.69, 9.17) is 60.3 Å². The van der Waals surface area contributed by atoms with E-state index in [1.165, 1.54) is 0 Å². The zero-order chi connectivity index (χ0) is 30.0. The summed E-state index contributed by atoms with van der Waals surface area (Å²) in [7, 11) is 0. The number of imidazole rings is 2. The summed E-state index contributed by atoms with van der Waals surface area (Å²) in [6, 6.07) is 0. The van der Waals surface area contributed by atoms with Crippen molar-refractivity contribution >= 4 is 59.1 Å². The fraction of sp³-hybridized carbons (Fsp3) is 0.680. The summed E-state index contributed by atoms with van der Waals surface area (Å²) in [6.07, 6.45) is 3.50. The standard InChI is InChI=1S/C25H44N8O2S4/c1-9-24(5,6)18(32-16(34)13-28(11-3)22(32)38)30(20(26)36)15-31(21(27)37)19(25(7,8)10-2)33-17(35)14-29(12-4)23(33)39/h13-14,18-19,34-35H,9-12,15H2,1-8H3,(H2,26,36)(H2,27,37). The van der Waals surface area contributed by atoms with Crippen LogP contribution in [0.2, 0.25) is 0 Å². The number of hydrogen-bond acceptors (Lipinski definition) is 6. The van der Waals surface area contributed by atoms with Gasteiger partial charge >= 0.3 is 0 Å². The van der Waals surface area contributed by atoms with Crippen LogP contribution in [-0.4, -0.2) is 55.2 Å². The third-order valence-corrected chi connectivity index (χ3v) is 9.12. The lowest BCUT2D eigenvalue weighted by Gasteiger charge is -2.48. The van der Waals surface area contributed by atoms with Gasteiger partial charge in [0.15, 0.2) is 19.8 Å². The molecule has 0 bridgehead atoms. The van der Waals surface area contributed by atoms with Crippen molar-refractivity contribution in [2.45, 2.75) is 93.7 Å². The second kappa shape index (κ2) is 12.6. The fourth-order valence-corrected chi connectivity index (χ4v) is 5.85. The minimum absolute atomic E-state index is 0.00169. The molecular formula is C25H44N8O2S4. The first-order valence-electron chi connectivity index (χ1n) is 13.1. The predicted molar refractivity (Wildman–Crippen MR) is 170 cm³/mol. The Morgan fingerprint density at radius 2 is 1.08 bits per heavy atom. The summed E-state index contributed by atoms with van der Waals surface area (Å²) in [4.78, 5) is 3.56. The summed E-state index contributed by atoms with van der Waals surface area (Å²) < 4.78 is 7.82. The van der Waals surface area contributed by atoms with Crippen molar-refractivity contribution in [3.05, 3.63) is 21.9 Å². The largest absolute Gasteiger partial charge is 0.493 e. The Morgan fingerprint density at radius 1 is 0.769 bits per heavy atom. The van der Waals surface area contributed by atoms with Crippen LogP contribution in [0.5, 0.6) is 11.8 Å². The Labute approximate surface area is 252 Å². The van der Waals surface area contributed by atoms with Gasteiger partial charge in [0.1, 0.15) is 12.3 Å². The van der Waals surface area contributed by atoms with Crippen LogP contribution in [-0.2, 0) is 13.1 Å². The number of aryl methyl sites for hydroxylation is 2. The summed E-state index contributed by atoms with van der Waals surface area (Å²) in [5.41, 5.74) is 11.9.